The molecule has 2 heterocycles. The Morgan fingerprint density at radius 2 is 2.24 bits per heavy atom. The molecule has 5 nitrogen and oxygen atoms in total. The van der Waals surface area contributed by atoms with E-state index >= 15 is 0 Å². The van der Waals surface area contributed by atoms with Gasteiger partial charge in [-0.25, -0.2) is 4.98 Å². The van der Waals surface area contributed by atoms with E-state index in [-0.39, 0.29) is 5.91 Å². The van der Waals surface area contributed by atoms with Crippen molar-refractivity contribution in [3.8, 4) is 11.5 Å². The van der Waals surface area contributed by atoms with Gasteiger partial charge in [0.05, 0.1) is 18.5 Å². The smallest absolute Gasteiger partial charge is 0.220 e. The molecule has 0 radical (unpaired) electrons. The molecule has 0 saturated carbocycles. The highest BCUT2D eigenvalue weighted by Gasteiger charge is 2.10. The van der Waals surface area contributed by atoms with Gasteiger partial charge in [-0.3, -0.25) is 9.78 Å². The van der Waals surface area contributed by atoms with Crippen LogP contribution >= 0.6 is 0 Å². The molecule has 0 aliphatic carbocycles. The number of furan rings is 1. The van der Waals surface area contributed by atoms with Gasteiger partial charge >= 0.3 is 0 Å². The van der Waals surface area contributed by atoms with Gasteiger partial charge in [0.25, 0.3) is 0 Å². The molecule has 1 N–H and O–H groups in total. The number of amides is 1. The van der Waals surface area contributed by atoms with Crippen LogP contribution in [0, 0.1) is 0 Å². The molecule has 2 aromatic heterocycles. The van der Waals surface area contributed by atoms with E-state index in [1.807, 2.05) is 6.07 Å². The summed E-state index contributed by atoms with van der Waals surface area (Å²) in [5.41, 5.74) is 1.36. The summed E-state index contributed by atoms with van der Waals surface area (Å²) in [7, 11) is 0. The van der Waals surface area contributed by atoms with Crippen LogP contribution < -0.4 is 5.32 Å². The molecule has 0 unspecified atom stereocenters. The third-order valence-electron chi connectivity index (χ3n) is 2.30. The minimum absolute atomic E-state index is 0.0129. The van der Waals surface area contributed by atoms with Gasteiger partial charge in [0.1, 0.15) is 5.69 Å². The fourth-order valence-corrected chi connectivity index (χ4v) is 1.42. The molecule has 88 valence electrons. The third-order valence-corrected chi connectivity index (χ3v) is 2.30. The SMILES string of the molecule is CCC(=O)NCc1nccnc1-c1ccco1. The Morgan fingerprint density at radius 1 is 1.41 bits per heavy atom. The molecule has 0 aromatic carbocycles. The van der Waals surface area contributed by atoms with E-state index in [9.17, 15) is 4.79 Å². The lowest BCUT2D eigenvalue weighted by Gasteiger charge is -2.06. The molecule has 5 heteroatoms. The predicted molar refractivity (Wildman–Crippen MR) is 61.9 cm³/mol. The van der Waals surface area contributed by atoms with Gasteiger partial charge < -0.3 is 9.73 Å². The van der Waals surface area contributed by atoms with Crippen LogP contribution in [-0.4, -0.2) is 15.9 Å². The molecule has 0 aliphatic rings. The predicted octanol–water partition coefficient (Wildman–Crippen LogP) is 1.76. The van der Waals surface area contributed by atoms with Crippen LogP contribution in [-0.2, 0) is 11.3 Å². The number of carbonyl (C=O) groups excluding carboxylic acids is 1. The lowest BCUT2D eigenvalue weighted by Crippen LogP contribution is -2.22. The lowest BCUT2D eigenvalue weighted by molar-refractivity contribution is -0.120. The molecule has 17 heavy (non-hydrogen) atoms. The van der Waals surface area contributed by atoms with Crippen molar-refractivity contribution >= 4 is 5.91 Å². The Kier molecular flexibility index (Phi) is 3.49. The fraction of sp³-hybridized carbons (Fsp3) is 0.250. The van der Waals surface area contributed by atoms with Crippen LogP contribution in [0.15, 0.2) is 35.2 Å². The van der Waals surface area contributed by atoms with Crippen molar-refractivity contribution in [2.75, 3.05) is 0 Å². The first-order valence-corrected chi connectivity index (χ1v) is 5.41. The molecule has 0 atom stereocenters. The standard InChI is InChI=1S/C12H13N3O2/c1-2-11(16)15-8-9-12(14-6-5-13-9)10-4-3-7-17-10/h3-7H,2,8H2,1H3,(H,15,16). The maximum absolute atomic E-state index is 11.2. The van der Waals surface area contributed by atoms with Crippen LogP contribution in [0.3, 0.4) is 0 Å². The van der Waals surface area contributed by atoms with Crippen LogP contribution in [0.25, 0.3) is 11.5 Å². The molecule has 0 saturated heterocycles. The molecule has 2 rings (SSSR count). The second-order valence-corrected chi connectivity index (χ2v) is 3.46. The number of carbonyl (C=O) groups is 1. The fourth-order valence-electron chi connectivity index (χ4n) is 1.42. The lowest BCUT2D eigenvalue weighted by atomic mass is 10.2. The second kappa shape index (κ2) is 5.25. The highest BCUT2D eigenvalue weighted by atomic mass is 16.3. The summed E-state index contributed by atoms with van der Waals surface area (Å²) in [6.45, 7) is 2.16. The number of hydrogen-bond acceptors (Lipinski definition) is 4. The highest BCUT2D eigenvalue weighted by molar-refractivity contribution is 5.75. The minimum atomic E-state index is -0.0129. The first-order valence-electron chi connectivity index (χ1n) is 5.41. The second-order valence-electron chi connectivity index (χ2n) is 3.46. The molecule has 2 aromatic rings. The molecular weight excluding hydrogens is 218 g/mol. The van der Waals surface area contributed by atoms with Crippen molar-refractivity contribution in [3.63, 3.8) is 0 Å². The quantitative estimate of drug-likeness (QED) is 0.870. The van der Waals surface area contributed by atoms with E-state index in [0.29, 0.717) is 30.1 Å². The van der Waals surface area contributed by atoms with E-state index in [1.165, 1.54) is 0 Å². The summed E-state index contributed by atoms with van der Waals surface area (Å²) in [4.78, 5) is 19.6. The first-order chi connectivity index (χ1) is 8.31. The van der Waals surface area contributed by atoms with Crippen molar-refractivity contribution in [1.82, 2.24) is 15.3 Å². The Balaban J connectivity index is 2.20. The zero-order chi connectivity index (χ0) is 12.1. The Labute approximate surface area is 98.9 Å². The monoisotopic (exact) mass is 231 g/mol. The van der Waals surface area contributed by atoms with Crippen LogP contribution in [0.2, 0.25) is 0 Å². The summed E-state index contributed by atoms with van der Waals surface area (Å²) in [6, 6.07) is 3.60. The van der Waals surface area contributed by atoms with Crippen molar-refractivity contribution in [2.45, 2.75) is 19.9 Å². The molecule has 0 fully saturated rings. The van der Waals surface area contributed by atoms with Crippen LogP contribution in [0.1, 0.15) is 19.0 Å². The molecule has 0 aliphatic heterocycles. The van der Waals surface area contributed by atoms with E-state index in [2.05, 4.69) is 15.3 Å². The summed E-state index contributed by atoms with van der Waals surface area (Å²) < 4.78 is 5.28. The van der Waals surface area contributed by atoms with Gasteiger partial charge in [0.2, 0.25) is 5.91 Å². The average Bonchev–Trinajstić information content (AvgIpc) is 2.90. The molecular formula is C12H13N3O2. The maximum atomic E-state index is 11.2. The first kappa shape index (κ1) is 11.3. The summed E-state index contributed by atoms with van der Waals surface area (Å²) in [5, 5.41) is 2.77. The maximum Gasteiger partial charge on any atom is 0.220 e. The van der Waals surface area contributed by atoms with Crippen molar-refractivity contribution in [3.05, 3.63) is 36.5 Å². The van der Waals surface area contributed by atoms with E-state index in [1.54, 1.807) is 31.6 Å². The minimum Gasteiger partial charge on any atom is -0.463 e. The van der Waals surface area contributed by atoms with Gasteiger partial charge in [0, 0.05) is 18.8 Å². The number of rotatable bonds is 4. The van der Waals surface area contributed by atoms with Crippen LogP contribution in [0.4, 0.5) is 0 Å². The normalized spacial score (nSPS) is 10.2. The summed E-state index contributed by atoms with van der Waals surface area (Å²) in [6.07, 6.45) is 5.23. The van der Waals surface area contributed by atoms with Gasteiger partial charge in [-0.05, 0) is 12.1 Å². The van der Waals surface area contributed by atoms with Gasteiger partial charge in [-0.1, -0.05) is 6.92 Å². The van der Waals surface area contributed by atoms with Crippen molar-refractivity contribution < 1.29 is 9.21 Å². The number of aromatic nitrogens is 2. The topological polar surface area (TPSA) is 68.0 Å². The van der Waals surface area contributed by atoms with Gasteiger partial charge in [-0.2, -0.15) is 0 Å². The summed E-state index contributed by atoms with van der Waals surface area (Å²) >= 11 is 0. The summed E-state index contributed by atoms with van der Waals surface area (Å²) in [5.74, 6) is 0.639. The Bertz CT molecular complexity index is 494. The van der Waals surface area contributed by atoms with Gasteiger partial charge in [-0.15, -0.1) is 0 Å². The number of nitrogens with zero attached hydrogens (tertiary/aromatic N) is 2. The highest BCUT2D eigenvalue weighted by Crippen LogP contribution is 2.19. The van der Waals surface area contributed by atoms with E-state index in [0.717, 1.165) is 0 Å². The van der Waals surface area contributed by atoms with Crippen LogP contribution in [0.5, 0.6) is 0 Å². The van der Waals surface area contributed by atoms with Crippen molar-refractivity contribution in [2.24, 2.45) is 0 Å². The van der Waals surface area contributed by atoms with Gasteiger partial charge in [0.15, 0.2) is 5.76 Å². The van der Waals surface area contributed by atoms with E-state index < -0.39 is 0 Å². The average molecular weight is 231 g/mol. The number of hydrogen-bond donors (Lipinski definition) is 1. The molecule has 0 spiro atoms. The third kappa shape index (κ3) is 2.69. The zero-order valence-electron chi connectivity index (χ0n) is 9.51. The zero-order valence-corrected chi connectivity index (χ0v) is 9.51. The Morgan fingerprint density at radius 3 is 2.94 bits per heavy atom. The number of nitrogens with one attached hydrogen (secondary N) is 1. The van der Waals surface area contributed by atoms with E-state index in [4.69, 9.17) is 4.42 Å². The Hall–Kier alpha value is -2.17. The molecule has 0 bridgehead atoms. The molecule has 1 amide bonds. The largest absolute Gasteiger partial charge is 0.463 e. The van der Waals surface area contributed by atoms with Crippen molar-refractivity contribution in [1.29, 1.82) is 0 Å².